The number of phenolic OH excluding ortho intramolecular Hbond substituents is 1. The summed E-state index contributed by atoms with van der Waals surface area (Å²) in [4.78, 5) is 2.42. The molecule has 0 radical (unpaired) electrons. The van der Waals surface area contributed by atoms with E-state index in [4.69, 9.17) is 4.74 Å². The molecule has 1 heterocycles. The van der Waals surface area contributed by atoms with E-state index in [0.29, 0.717) is 18.4 Å². The average Bonchev–Trinajstić information content (AvgIpc) is 2.49. The second-order valence-corrected chi connectivity index (χ2v) is 5.93. The Morgan fingerprint density at radius 3 is 2.71 bits per heavy atom. The lowest BCUT2D eigenvalue weighted by Gasteiger charge is -2.32. The molecule has 0 aromatic heterocycles. The molecule has 2 aromatic carbocycles. The molecule has 1 saturated heterocycles. The molecule has 1 aliphatic rings. The van der Waals surface area contributed by atoms with E-state index in [1.165, 1.54) is 25.8 Å². The van der Waals surface area contributed by atoms with Gasteiger partial charge in [0.25, 0.3) is 0 Å². The summed E-state index contributed by atoms with van der Waals surface area (Å²) in [7, 11) is 2.19. The van der Waals surface area contributed by atoms with Gasteiger partial charge in [-0.05, 0) is 55.8 Å². The molecule has 21 heavy (non-hydrogen) atoms. The third-order valence-electron chi connectivity index (χ3n) is 4.46. The smallest absolute Gasteiger partial charge is 0.161 e. The van der Waals surface area contributed by atoms with Gasteiger partial charge in [0.05, 0.1) is 6.61 Å². The van der Waals surface area contributed by atoms with E-state index in [2.05, 4.69) is 11.9 Å². The first-order valence-electron chi connectivity index (χ1n) is 7.79. The summed E-state index contributed by atoms with van der Waals surface area (Å²) in [5.41, 5.74) is 0. The molecule has 1 aliphatic heterocycles. The third-order valence-corrected chi connectivity index (χ3v) is 4.46. The van der Waals surface area contributed by atoms with Crippen LogP contribution >= 0.6 is 0 Å². The van der Waals surface area contributed by atoms with E-state index < -0.39 is 0 Å². The number of hydrogen-bond acceptors (Lipinski definition) is 3. The van der Waals surface area contributed by atoms with Crippen LogP contribution < -0.4 is 4.74 Å². The highest BCUT2D eigenvalue weighted by molar-refractivity contribution is 5.85. The van der Waals surface area contributed by atoms with Crippen molar-refractivity contribution < 1.29 is 9.84 Å². The van der Waals surface area contributed by atoms with Crippen LogP contribution in [-0.4, -0.2) is 36.2 Å². The van der Waals surface area contributed by atoms with Crippen molar-refractivity contribution in [3.05, 3.63) is 36.4 Å². The van der Waals surface area contributed by atoms with E-state index in [9.17, 15) is 5.11 Å². The molecule has 1 fully saturated rings. The van der Waals surface area contributed by atoms with E-state index in [1.54, 1.807) is 6.07 Å². The summed E-state index contributed by atoms with van der Waals surface area (Å²) < 4.78 is 5.82. The Morgan fingerprint density at radius 2 is 1.95 bits per heavy atom. The zero-order valence-corrected chi connectivity index (χ0v) is 12.6. The van der Waals surface area contributed by atoms with Gasteiger partial charge in [-0.3, -0.25) is 0 Å². The Labute approximate surface area is 126 Å². The summed E-state index contributed by atoms with van der Waals surface area (Å²) in [6, 6.07) is 12.3. The topological polar surface area (TPSA) is 32.7 Å². The van der Waals surface area contributed by atoms with Gasteiger partial charge in [0.2, 0.25) is 0 Å². The standard InChI is InChI=1S/C18H23NO2/c1-19-10-5-4-8-16(19)9-11-21-18-13-15-7-3-2-6-14(15)12-17(18)20/h2-3,6-7,12-13,16,20H,4-5,8-11H2,1H3. The van der Waals surface area contributed by atoms with Crippen LogP contribution in [0.5, 0.6) is 11.5 Å². The molecule has 0 spiro atoms. The zero-order valence-electron chi connectivity index (χ0n) is 12.6. The van der Waals surface area contributed by atoms with Crippen LogP contribution in [0.15, 0.2) is 36.4 Å². The summed E-state index contributed by atoms with van der Waals surface area (Å²) in [6.45, 7) is 1.84. The number of rotatable bonds is 4. The van der Waals surface area contributed by atoms with Gasteiger partial charge in [0.15, 0.2) is 11.5 Å². The van der Waals surface area contributed by atoms with E-state index in [-0.39, 0.29) is 5.75 Å². The molecule has 1 unspecified atom stereocenters. The fourth-order valence-corrected chi connectivity index (χ4v) is 3.14. The van der Waals surface area contributed by atoms with Gasteiger partial charge in [0, 0.05) is 6.04 Å². The fraction of sp³-hybridized carbons (Fsp3) is 0.444. The van der Waals surface area contributed by atoms with Crippen LogP contribution in [0.2, 0.25) is 0 Å². The van der Waals surface area contributed by atoms with E-state index >= 15 is 0 Å². The molecular formula is C18H23NO2. The predicted molar refractivity (Wildman–Crippen MR) is 86.0 cm³/mol. The minimum atomic E-state index is 0.227. The van der Waals surface area contributed by atoms with Crippen LogP contribution in [0.3, 0.4) is 0 Å². The van der Waals surface area contributed by atoms with E-state index in [0.717, 1.165) is 17.2 Å². The number of piperidine rings is 1. The molecular weight excluding hydrogens is 262 g/mol. The Balaban J connectivity index is 1.63. The predicted octanol–water partition coefficient (Wildman–Crippen LogP) is 3.80. The number of ether oxygens (including phenoxy) is 1. The molecule has 112 valence electrons. The minimum Gasteiger partial charge on any atom is -0.504 e. The highest BCUT2D eigenvalue weighted by Gasteiger charge is 2.18. The highest BCUT2D eigenvalue weighted by Crippen LogP contribution is 2.31. The van der Waals surface area contributed by atoms with Crippen molar-refractivity contribution in [2.45, 2.75) is 31.7 Å². The maximum absolute atomic E-state index is 10.1. The molecule has 2 aromatic rings. The number of phenols is 1. The van der Waals surface area contributed by atoms with Crippen LogP contribution in [0.25, 0.3) is 10.8 Å². The normalized spacial score (nSPS) is 19.8. The molecule has 1 atom stereocenters. The van der Waals surface area contributed by atoms with Crippen LogP contribution in [0, 0.1) is 0 Å². The monoisotopic (exact) mass is 285 g/mol. The maximum atomic E-state index is 10.1. The lowest BCUT2D eigenvalue weighted by molar-refractivity contribution is 0.152. The molecule has 1 N–H and O–H groups in total. The van der Waals surface area contributed by atoms with Crippen molar-refractivity contribution in [1.29, 1.82) is 0 Å². The molecule has 0 amide bonds. The first kappa shape index (κ1) is 14.2. The van der Waals surface area contributed by atoms with Gasteiger partial charge >= 0.3 is 0 Å². The van der Waals surface area contributed by atoms with Crippen LogP contribution in [-0.2, 0) is 0 Å². The molecule has 0 bridgehead atoms. The second-order valence-electron chi connectivity index (χ2n) is 5.93. The SMILES string of the molecule is CN1CCCCC1CCOc1cc2ccccc2cc1O. The van der Waals surface area contributed by atoms with Gasteiger partial charge in [0.1, 0.15) is 0 Å². The van der Waals surface area contributed by atoms with Crippen molar-refractivity contribution in [2.75, 3.05) is 20.2 Å². The molecule has 3 rings (SSSR count). The van der Waals surface area contributed by atoms with Gasteiger partial charge in [-0.2, -0.15) is 0 Å². The number of fused-ring (bicyclic) bond motifs is 1. The van der Waals surface area contributed by atoms with Crippen molar-refractivity contribution >= 4 is 10.8 Å². The van der Waals surface area contributed by atoms with Crippen molar-refractivity contribution in [1.82, 2.24) is 4.90 Å². The van der Waals surface area contributed by atoms with Crippen molar-refractivity contribution in [3.8, 4) is 11.5 Å². The van der Waals surface area contributed by atoms with Crippen molar-refractivity contribution in [2.24, 2.45) is 0 Å². The molecule has 0 aliphatic carbocycles. The van der Waals surface area contributed by atoms with E-state index in [1.807, 2.05) is 30.3 Å². The largest absolute Gasteiger partial charge is 0.504 e. The number of aromatic hydroxyl groups is 1. The number of hydrogen-bond donors (Lipinski definition) is 1. The Hall–Kier alpha value is -1.74. The Bertz CT molecular complexity index is 611. The Morgan fingerprint density at radius 1 is 1.19 bits per heavy atom. The molecule has 3 heteroatoms. The Kier molecular flexibility index (Phi) is 4.30. The number of nitrogens with zero attached hydrogens (tertiary/aromatic N) is 1. The third kappa shape index (κ3) is 3.30. The summed E-state index contributed by atoms with van der Waals surface area (Å²) in [5, 5.41) is 12.2. The van der Waals surface area contributed by atoms with Crippen LogP contribution in [0.1, 0.15) is 25.7 Å². The average molecular weight is 285 g/mol. The number of benzene rings is 2. The molecule has 3 nitrogen and oxygen atoms in total. The summed E-state index contributed by atoms with van der Waals surface area (Å²) in [5.74, 6) is 0.817. The van der Waals surface area contributed by atoms with Crippen molar-refractivity contribution in [3.63, 3.8) is 0 Å². The maximum Gasteiger partial charge on any atom is 0.161 e. The lowest BCUT2D eigenvalue weighted by Crippen LogP contribution is -2.37. The van der Waals surface area contributed by atoms with Gasteiger partial charge in [-0.25, -0.2) is 0 Å². The quantitative estimate of drug-likeness (QED) is 0.927. The minimum absolute atomic E-state index is 0.227. The van der Waals surface area contributed by atoms with Gasteiger partial charge in [-0.1, -0.05) is 30.7 Å². The zero-order chi connectivity index (χ0) is 14.7. The fourth-order valence-electron chi connectivity index (χ4n) is 3.14. The van der Waals surface area contributed by atoms with Gasteiger partial charge < -0.3 is 14.7 Å². The van der Waals surface area contributed by atoms with Gasteiger partial charge in [-0.15, -0.1) is 0 Å². The van der Waals surface area contributed by atoms with Crippen LogP contribution in [0.4, 0.5) is 0 Å². The number of likely N-dealkylation sites (tertiary alicyclic amines) is 1. The first-order chi connectivity index (χ1) is 10.2. The first-order valence-corrected chi connectivity index (χ1v) is 7.79. The second kappa shape index (κ2) is 6.35. The molecule has 0 saturated carbocycles. The summed E-state index contributed by atoms with van der Waals surface area (Å²) >= 11 is 0. The highest BCUT2D eigenvalue weighted by atomic mass is 16.5. The summed E-state index contributed by atoms with van der Waals surface area (Å²) in [6.07, 6.45) is 4.89. The lowest BCUT2D eigenvalue weighted by atomic mass is 10.0.